The molecule has 3 saturated carbocycles. The largest absolute Gasteiger partial charge is 0.508 e. The van der Waals surface area contributed by atoms with Crippen molar-refractivity contribution in [3.8, 4) is 5.75 Å². The Labute approximate surface area is 273 Å². The van der Waals surface area contributed by atoms with E-state index in [1.165, 1.54) is 0 Å². The Hall–Kier alpha value is -1.81. The summed E-state index contributed by atoms with van der Waals surface area (Å²) >= 11 is 0. The normalized spacial score (nSPS) is 42.1. The molecule has 1 aromatic carbocycles. The van der Waals surface area contributed by atoms with E-state index in [-0.39, 0.29) is 54.5 Å². The molecule has 0 spiro atoms. The van der Waals surface area contributed by atoms with Crippen LogP contribution in [0.4, 0.5) is 0 Å². The van der Waals surface area contributed by atoms with Gasteiger partial charge < -0.3 is 35.4 Å². The molecular weight excluding hydrogens is 584 g/mol. The first-order valence-corrected chi connectivity index (χ1v) is 17.7. The quantitative estimate of drug-likeness (QED) is 0.208. The van der Waals surface area contributed by atoms with Gasteiger partial charge in [0, 0.05) is 17.9 Å². The van der Waals surface area contributed by atoms with Crippen LogP contribution in [0.2, 0.25) is 0 Å². The highest BCUT2D eigenvalue weighted by atomic mass is 16.6. The summed E-state index contributed by atoms with van der Waals surface area (Å²) < 4.78 is 6.23. The van der Waals surface area contributed by atoms with Crippen LogP contribution in [-0.2, 0) is 22.4 Å². The Kier molecular flexibility index (Phi) is 8.85. The molecular formula is C38H56O8. The molecule has 46 heavy (non-hydrogen) atoms. The van der Waals surface area contributed by atoms with E-state index in [4.69, 9.17) is 4.74 Å². The van der Waals surface area contributed by atoms with Crippen LogP contribution in [0.5, 0.6) is 5.75 Å². The van der Waals surface area contributed by atoms with Gasteiger partial charge >= 0.3 is 0 Å². The lowest BCUT2D eigenvalue weighted by Gasteiger charge is -2.61. The number of benzene rings is 1. The van der Waals surface area contributed by atoms with Gasteiger partial charge in [-0.1, -0.05) is 33.8 Å². The molecule has 0 bridgehead atoms. The maximum absolute atomic E-state index is 13.8. The predicted molar refractivity (Wildman–Crippen MR) is 174 cm³/mol. The molecule has 4 fully saturated rings. The molecule has 256 valence electrons. The number of rotatable bonds is 10. The maximum atomic E-state index is 13.8. The molecule has 1 aliphatic heterocycles. The summed E-state index contributed by atoms with van der Waals surface area (Å²) in [5.41, 5.74) is -1.23. The van der Waals surface area contributed by atoms with E-state index in [0.717, 1.165) is 16.7 Å². The van der Waals surface area contributed by atoms with Crippen molar-refractivity contribution in [2.24, 2.45) is 40.4 Å². The summed E-state index contributed by atoms with van der Waals surface area (Å²) in [5, 5.41) is 66.8. The summed E-state index contributed by atoms with van der Waals surface area (Å²) in [7, 11) is 0. The van der Waals surface area contributed by atoms with Gasteiger partial charge in [-0.15, -0.1) is 0 Å². The summed E-state index contributed by atoms with van der Waals surface area (Å²) in [5.74, 6) is -0.0421. The highest BCUT2D eigenvalue weighted by Gasteiger charge is 2.72. The monoisotopic (exact) mass is 640 g/mol. The number of carbonyl (C=O) groups excluding carboxylic acids is 1. The minimum Gasteiger partial charge on any atom is -0.508 e. The Bertz CT molecular complexity index is 1350. The highest BCUT2D eigenvalue weighted by Crippen LogP contribution is 2.70. The van der Waals surface area contributed by atoms with Gasteiger partial charge in [-0.25, -0.2) is 0 Å². The molecule has 12 atom stereocenters. The van der Waals surface area contributed by atoms with Gasteiger partial charge in [0.2, 0.25) is 0 Å². The second kappa shape index (κ2) is 12.0. The lowest BCUT2D eigenvalue weighted by atomic mass is 9.44. The number of ether oxygens (including phenoxy) is 1. The average molecular weight is 641 g/mol. The van der Waals surface area contributed by atoms with Crippen molar-refractivity contribution in [3.63, 3.8) is 0 Å². The van der Waals surface area contributed by atoms with E-state index in [0.29, 0.717) is 63.7 Å². The highest BCUT2D eigenvalue weighted by molar-refractivity contribution is 5.95. The third-order valence-electron chi connectivity index (χ3n) is 13.7. The average Bonchev–Trinajstić information content (AvgIpc) is 3.73. The third-order valence-corrected chi connectivity index (χ3v) is 13.7. The van der Waals surface area contributed by atoms with Crippen LogP contribution in [0.1, 0.15) is 97.1 Å². The Balaban J connectivity index is 1.39. The van der Waals surface area contributed by atoms with Crippen LogP contribution in [0.15, 0.2) is 29.8 Å². The van der Waals surface area contributed by atoms with Crippen molar-refractivity contribution in [2.75, 3.05) is 6.61 Å². The van der Waals surface area contributed by atoms with Crippen molar-refractivity contribution in [1.29, 1.82) is 0 Å². The van der Waals surface area contributed by atoms with E-state index in [9.17, 15) is 35.4 Å². The summed E-state index contributed by atoms with van der Waals surface area (Å²) in [6, 6.07) is 5.56. The van der Waals surface area contributed by atoms with Crippen molar-refractivity contribution in [2.45, 2.75) is 134 Å². The molecule has 1 heterocycles. The number of aromatic hydroxyl groups is 1. The van der Waals surface area contributed by atoms with Crippen molar-refractivity contribution in [3.05, 3.63) is 41.0 Å². The number of aliphatic hydroxyl groups excluding tert-OH is 3. The van der Waals surface area contributed by atoms with Gasteiger partial charge in [0.1, 0.15) is 11.9 Å². The van der Waals surface area contributed by atoms with E-state index >= 15 is 0 Å². The number of fused-ring (bicyclic) bond motifs is 5. The maximum Gasteiger partial charge on any atom is 0.159 e. The molecule has 8 heteroatoms. The molecule has 4 aliphatic carbocycles. The van der Waals surface area contributed by atoms with E-state index in [2.05, 4.69) is 33.8 Å². The lowest BCUT2D eigenvalue weighted by molar-refractivity contribution is -0.168. The van der Waals surface area contributed by atoms with Gasteiger partial charge in [0.15, 0.2) is 5.78 Å². The number of allylic oxidation sites excluding steroid dienone is 1. The predicted octanol–water partition coefficient (Wildman–Crippen LogP) is 4.24. The van der Waals surface area contributed by atoms with Gasteiger partial charge in [0.05, 0.1) is 29.5 Å². The first-order chi connectivity index (χ1) is 21.6. The fourth-order valence-electron chi connectivity index (χ4n) is 10.8. The summed E-state index contributed by atoms with van der Waals surface area (Å²) in [6.07, 6.45) is 4.73. The van der Waals surface area contributed by atoms with Crippen LogP contribution in [0.3, 0.4) is 0 Å². The first-order valence-electron chi connectivity index (χ1n) is 17.7. The lowest BCUT2D eigenvalue weighted by Crippen LogP contribution is -2.63. The van der Waals surface area contributed by atoms with E-state index < -0.39 is 40.2 Å². The standard InChI is InChI=1S/C38H56O8/c1-21(2)22(3)33-34(46-33)36(5,44)32-10-13-38(45)27-18-29(41)28-19-30(42)31(43)20-35(28,4)26(27)9-12-37(32,38)11-8-24-15-23(7-6-14-39)16-25(40)17-24/h15-18,21-22,26,28,30-34,39-40,42-45H,6-14,19-20H2,1-5H3/t22-,26+,28+,30-,31+,32-,33+,34-,35-,36-,37-,38-/m1/s1. The first kappa shape index (κ1) is 34.1. The number of phenols is 1. The summed E-state index contributed by atoms with van der Waals surface area (Å²) in [4.78, 5) is 13.8. The molecule has 0 aromatic heterocycles. The van der Waals surface area contributed by atoms with Crippen LogP contribution in [-0.4, -0.2) is 78.6 Å². The number of epoxide rings is 1. The van der Waals surface area contributed by atoms with Gasteiger partial charge in [-0.05, 0) is 135 Å². The number of hydrogen-bond acceptors (Lipinski definition) is 8. The van der Waals surface area contributed by atoms with Crippen molar-refractivity contribution >= 4 is 5.78 Å². The number of hydrogen-bond donors (Lipinski definition) is 6. The zero-order valence-electron chi connectivity index (χ0n) is 28.3. The molecule has 5 aliphatic rings. The minimum atomic E-state index is -1.33. The molecule has 6 rings (SSSR count). The molecule has 8 nitrogen and oxygen atoms in total. The van der Waals surface area contributed by atoms with Crippen molar-refractivity contribution in [1.82, 2.24) is 0 Å². The molecule has 6 N–H and O–H groups in total. The second-order valence-electron chi connectivity index (χ2n) is 16.5. The fourth-order valence-corrected chi connectivity index (χ4v) is 10.8. The third kappa shape index (κ3) is 5.30. The zero-order valence-corrected chi connectivity index (χ0v) is 28.3. The van der Waals surface area contributed by atoms with Crippen LogP contribution >= 0.6 is 0 Å². The van der Waals surface area contributed by atoms with E-state index in [1.54, 1.807) is 18.2 Å². The smallest absolute Gasteiger partial charge is 0.159 e. The number of phenolic OH excluding ortho intramolecular Hbond substituents is 1. The number of ketones is 1. The van der Waals surface area contributed by atoms with Crippen LogP contribution in [0.25, 0.3) is 0 Å². The number of aliphatic hydroxyl groups is 5. The fraction of sp³-hybridized carbons (Fsp3) is 0.763. The topological polar surface area (TPSA) is 151 Å². The Morgan fingerprint density at radius 2 is 1.72 bits per heavy atom. The van der Waals surface area contributed by atoms with Crippen molar-refractivity contribution < 1.29 is 40.2 Å². The number of carbonyl (C=O) groups is 1. The van der Waals surface area contributed by atoms with Gasteiger partial charge in [0.25, 0.3) is 0 Å². The molecule has 0 radical (unpaired) electrons. The SMILES string of the molecule is CC(C)[C@@H](C)[C@@H]1O[C@H]1[C@](C)(O)[C@H]1CC[C@@]2(O)C3=CC(=O)[C@@H]4C[C@@H](O)[C@@H](O)C[C@]4(C)[C@H]3CC[C@]12CCc1cc(O)cc(CCCO)c1. The van der Waals surface area contributed by atoms with Crippen LogP contribution in [0, 0.1) is 40.4 Å². The zero-order chi connectivity index (χ0) is 33.4. The summed E-state index contributed by atoms with van der Waals surface area (Å²) in [6.45, 7) is 10.5. The Morgan fingerprint density at radius 1 is 1.02 bits per heavy atom. The molecule has 1 aromatic rings. The Morgan fingerprint density at radius 3 is 2.39 bits per heavy atom. The minimum absolute atomic E-state index is 0.0532. The second-order valence-corrected chi connectivity index (χ2v) is 16.5. The molecule has 0 unspecified atom stereocenters. The van der Waals surface area contributed by atoms with E-state index in [1.807, 2.05) is 6.92 Å². The van der Waals surface area contributed by atoms with Crippen LogP contribution < -0.4 is 0 Å². The molecule has 1 saturated heterocycles. The number of aryl methyl sites for hydroxylation is 2. The molecule has 0 amide bonds. The van der Waals surface area contributed by atoms with Gasteiger partial charge in [-0.2, -0.15) is 0 Å². The van der Waals surface area contributed by atoms with Gasteiger partial charge in [-0.3, -0.25) is 4.79 Å².